The summed E-state index contributed by atoms with van der Waals surface area (Å²) in [7, 11) is -3.75. The average molecular weight is 323 g/mol. The first kappa shape index (κ1) is 16.5. The van der Waals surface area contributed by atoms with Gasteiger partial charge in [0.2, 0.25) is 0 Å². The number of sulfonamides is 1. The van der Waals surface area contributed by atoms with Gasteiger partial charge in [0.05, 0.1) is 0 Å². The van der Waals surface area contributed by atoms with Crippen molar-refractivity contribution in [2.24, 2.45) is 0 Å². The Labute approximate surface area is 121 Å². The van der Waals surface area contributed by atoms with Crippen LogP contribution in [0.3, 0.4) is 0 Å². The second-order valence-electron chi connectivity index (χ2n) is 3.87. The number of hydrogen-bond acceptors (Lipinski definition) is 5. The molecule has 1 heterocycles. The molecule has 0 saturated heterocycles. The molecule has 108 valence electrons. The van der Waals surface area contributed by atoms with Gasteiger partial charge >= 0.3 is 5.97 Å². The minimum Gasteiger partial charge on any atom is -0.480 e. The molecule has 1 aromatic heterocycles. The highest BCUT2D eigenvalue weighted by Crippen LogP contribution is 2.22. The third-order valence-electron chi connectivity index (χ3n) is 2.46. The van der Waals surface area contributed by atoms with Crippen LogP contribution in [0.5, 0.6) is 0 Å². The molecule has 0 bridgehead atoms. The van der Waals surface area contributed by atoms with E-state index in [0.717, 1.165) is 11.3 Å². The van der Waals surface area contributed by atoms with Crippen LogP contribution >= 0.6 is 23.1 Å². The standard InChI is InChI=1S/C11H17NO4S3/c1-3-8-4-5-10(18-8)19(15,16)12-9(11(13)14)6-7-17-2/h4-5,9,12H,3,6-7H2,1-2H3,(H,13,14). The number of thiophene rings is 1. The third-order valence-corrected chi connectivity index (χ3v) is 6.29. The van der Waals surface area contributed by atoms with Crippen molar-refractivity contribution >= 4 is 39.1 Å². The average Bonchev–Trinajstić information content (AvgIpc) is 2.83. The second-order valence-corrected chi connectivity index (χ2v) is 7.96. The van der Waals surface area contributed by atoms with Crippen molar-refractivity contribution in [3.63, 3.8) is 0 Å². The van der Waals surface area contributed by atoms with Gasteiger partial charge in [-0.25, -0.2) is 8.42 Å². The van der Waals surface area contributed by atoms with E-state index in [-0.39, 0.29) is 10.6 Å². The van der Waals surface area contributed by atoms with Gasteiger partial charge in [0.1, 0.15) is 10.3 Å². The molecule has 0 saturated carbocycles. The number of thioether (sulfide) groups is 1. The Bertz CT molecular complexity index is 524. The van der Waals surface area contributed by atoms with E-state index in [9.17, 15) is 13.2 Å². The summed E-state index contributed by atoms with van der Waals surface area (Å²) in [6, 6.07) is 2.18. The van der Waals surface area contributed by atoms with Crippen molar-refractivity contribution in [3.05, 3.63) is 17.0 Å². The Morgan fingerprint density at radius 3 is 2.68 bits per heavy atom. The van der Waals surface area contributed by atoms with Crippen LogP contribution < -0.4 is 4.72 Å². The zero-order chi connectivity index (χ0) is 14.5. The van der Waals surface area contributed by atoms with E-state index in [0.29, 0.717) is 5.75 Å². The van der Waals surface area contributed by atoms with Crippen LogP contribution in [0.4, 0.5) is 0 Å². The molecule has 0 radical (unpaired) electrons. The fourth-order valence-corrected chi connectivity index (χ4v) is 4.41. The van der Waals surface area contributed by atoms with Crippen LogP contribution in [-0.4, -0.2) is 37.5 Å². The fraction of sp³-hybridized carbons (Fsp3) is 0.545. The Balaban J connectivity index is 2.84. The molecule has 2 N–H and O–H groups in total. The highest BCUT2D eigenvalue weighted by atomic mass is 32.2. The molecule has 8 heteroatoms. The summed E-state index contributed by atoms with van der Waals surface area (Å²) in [4.78, 5) is 12.0. The predicted octanol–water partition coefficient (Wildman–Crippen LogP) is 1.80. The number of hydrogen-bond donors (Lipinski definition) is 2. The summed E-state index contributed by atoms with van der Waals surface area (Å²) in [5.74, 6) is -0.561. The summed E-state index contributed by atoms with van der Waals surface area (Å²) in [5, 5.41) is 9.03. The molecule has 0 spiro atoms. The van der Waals surface area contributed by atoms with E-state index in [4.69, 9.17) is 5.11 Å². The van der Waals surface area contributed by atoms with Crippen LogP contribution in [0.2, 0.25) is 0 Å². The molecule has 0 aromatic carbocycles. The molecule has 0 aliphatic carbocycles. The second kappa shape index (κ2) is 7.28. The summed E-state index contributed by atoms with van der Waals surface area (Å²) >= 11 is 2.65. The molecule has 0 aliphatic rings. The van der Waals surface area contributed by atoms with Crippen molar-refractivity contribution in [2.75, 3.05) is 12.0 Å². The lowest BCUT2D eigenvalue weighted by atomic mass is 10.2. The van der Waals surface area contributed by atoms with Gasteiger partial charge in [-0.05, 0) is 37.0 Å². The van der Waals surface area contributed by atoms with Gasteiger partial charge in [0, 0.05) is 4.88 Å². The van der Waals surface area contributed by atoms with Crippen molar-refractivity contribution < 1.29 is 18.3 Å². The van der Waals surface area contributed by atoms with Gasteiger partial charge in [-0.2, -0.15) is 16.5 Å². The molecule has 1 aromatic rings. The van der Waals surface area contributed by atoms with Crippen molar-refractivity contribution in [1.82, 2.24) is 4.72 Å². The predicted molar refractivity (Wildman–Crippen MR) is 78.4 cm³/mol. The maximum absolute atomic E-state index is 12.1. The Kier molecular flexibility index (Phi) is 6.31. The zero-order valence-corrected chi connectivity index (χ0v) is 13.2. The zero-order valence-electron chi connectivity index (χ0n) is 10.8. The summed E-state index contributed by atoms with van der Waals surface area (Å²) in [6.07, 6.45) is 2.87. The smallest absolute Gasteiger partial charge is 0.321 e. The first-order valence-corrected chi connectivity index (χ1v) is 9.42. The maximum Gasteiger partial charge on any atom is 0.321 e. The third kappa shape index (κ3) is 4.79. The highest BCUT2D eigenvalue weighted by molar-refractivity contribution is 7.98. The minimum absolute atomic E-state index is 0.166. The first-order chi connectivity index (χ1) is 8.90. The van der Waals surface area contributed by atoms with Crippen LogP contribution in [0.15, 0.2) is 16.3 Å². The number of carboxylic acids is 1. The Morgan fingerprint density at radius 1 is 1.53 bits per heavy atom. The van der Waals surface area contributed by atoms with E-state index in [1.807, 2.05) is 13.2 Å². The maximum atomic E-state index is 12.1. The molecule has 0 aliphatic heterocycles. The molecular formula is C11H17NO4S3. The molecule has 0 fully saturated rings. The number of rotatable bonds is 8. The monoisotopic (exact) mass is 323 g/mol. The lowest BCUT2D eigenvalue weighted by molar-refractivity contribution is -0.139. The summed E-state index contributed by atoms with van der Waals surface area (Å²) < 4.78 is 26.6. The topological polar surface area (TPSA) is 83.5 Å². The molecule has 19 heavy (non-hydrogen) atoms. The van der Waals surface area contributed by atoms with Gasteiger partial charge in [-0.1, -0.05) is 6.92 Å². The summed E-state index contributed by atoms with van der Waals surface area (Å²) in [6.45, 7) is 1.94. The number of aryl methyl sites for hydroxylation is 1. The van der Waals surface area contributed by atoms with Crippen LogP contribution in [-0.2, 0) is 21.2 Å². The van der Waals surface area contributed by atoms with Crippen LogP contribution in [0.25, 0.3) is 0 Å². The van der Waals surface area contributed by atoms with Crippen molar-refractivity contribution in [2.45, 2.75) is 30.0 Å². The number of nitrogens with one attached hydrogen (secondary N) is 1. The van der Waals surface area contributed by atoms with Crippen molar-refractivity contribution in [3.8, 4) is 0 Å². The largest absolute Gasteiger partial charge is 0.480 e. The molecule has 1 atom stereocenters. The highest BCUT2D eigenvalue weighted by Gasteiger charge is 2.25. The quantitative estimate of drug-likeness (QED) is 0.762. The van der Waals surface area contributed by atoms with Crippen LogP contribution in [0.1, 0.15) is 18.2 Å². The lowest BCUT2D eigenvalue weighted by Crippen LogP contribution is -2.40. The van der Waals surface area contributed by atoms with Gasteiger partial charge in [-0.15, -0.1) is 11.3 Å². The molecule has 0 amide bonds. The van der Waals surface area contributed by atoms with E-state index in [1.165, 1.54) is 29.2 Å². The van der Waals surface area contributed by atoms with Gasteiger partial charge in [0.25, 0.3) is 10.0 Å². The summed E-state index contributed by atoms with van der Waals surface area (Å²) in [5.41, 5.74) is 0. The van der Waals surface area contributed by atoms with Gasteiger partial charge < -0.3 is 5.11 Å². The molecular weight excluding hydrogens is 306 g/mol. The SMILES string of the molecule is CCc1ccc(S(=O)(=O)NC(CCSC)C(=O)O)s1. The van der Waals surface area contributed by atoms with E-state index >= 15 is 0 Å². The van der Waals surface area contributed by atoms with E-state index in [2.05, 4.69) is 4.72 Å². The Hall–Kier alpha value is -0.570. The fourth-order valence-electron chi connectivity index (χ4n) is 1.41. The minimum atomic E-state index is -3.75. The lowest BCUT2D eigenvalue weighted by Gasteiger charge is -2.13. The van der Waals surface area contributed by atoms with Crippen LogP contribution in [0, 0.1) is 0 Å². The first-order valence-electron chi connectivity index (χ1n) is 5.73. The number of aliphatic carboxylic acids is 1. The van der Waals surface area contributed by atoms with Gasteiger partial charge in [-0.3, -0.25) is 4.79 Å². The van der Waals surface area contributed by atoms with E-state index < -0.39 is 22.0 Å². The normalized spacial score (nSPS) is 13.4. The van der Waals surface area contributed by atoms with E-state index in [1.54, 1.807) is 6.07 Å². The number of carboxylic acid groups (broad SMARTS) is 1. The number of carbonyl (C=O) groups is 1. The molecule has 1 unspecified atom stereocenters. The molecule has 1 rings (SSSR count). The van der Waals surface area contributed by atoms with Crippen molar-refractivity contribution in [1.29, 1.82) is 0 Å². The van der Waals surface area contributed by atoms with Gasteiger partial charge in [0.15, 0.2) is 0 Å². The Morgan fingerprint density at radius 2 is 2.21 bits per heavy atom. The molecule has 5 nitrogen and oxygen atoms in total.